The highest BCUT2D eigenvalue weighted by molar-refractivity contribution is 7.89. The van der Waals surface area contributed by atoms with Gasteiger partial charge in [0.25, 0.3) is 5.91 Å². The van der Waals surface area contributed by atoms with Crippen LogP contribution in [0, 0.1) is 0 Å². The fourth-order valence-electron chi connectivity index (χ4n) is 5.89. The zero-order valence-electron chi connectivity index (χ0n) is 26.1. The van der Waals surface area contributed by atoms with Crippen molar-refractivity contribution in [1.29, 1.82) is 0 Å². The molecule has 0 radical (unpaired) electrons. The van der Waals surface area contributed by atoms with Crippen LogP contribution >= 0.6 is 18.9 Å². The van der Waals surface area contributed by atoms with E-state index in [9.17, 15) is 50.9 Å². The number of sulfonamides is 1. The third-order valence-electron chi connectivity index (χ3n) is 8.38. The van der Waals surface area contributed by atoms with Crippen molar-refractivity contribution in [3.63, 3.8) is 0 Å². The average molecular weight is 738 g/mol. The Balaban J connectivity index is 1.56. The minimum Gasteiger partial charge on any atom is -0.480 e. The van der Waals surface area contributed by atoms with E-state index < -0.39 is 95.5 Å². The van der Waals surface area contributed by atoms with Crippen LogP contribution in [0.5, 0.6) is 0 Å². The summed E-state index contributed by atoms with van der Waals surface area (Å²) in [6, 6.07) is 0.416. The largest absolute Gasteiger partial charge is 0.480 e. The number of carboxylic acid groups (broad SMARTS) is 1. The molecule has 5 atom stereocenters. The third kappa shape index (κ3) is 8.38. The summed E-state index contributed by atoms with van der Waals surface area (Å²) in [5, 5.41) is 19.8. The molecule has 15 nitrogen and oxygen atoms in total. The Morgan fingerprint density at radius 1 is 1.21 bits per heavy atom. The summed E-state index contributed by atoms with van der Waals surface area (Å²) in [6.07, 6.45) is 0.688. The van der Waals surface area contributed by atoms with Crippen molar-refractivity contribution in [1.82, 2.24) is 20.4 Å². The molecule has 2 aromatic rings. The van der Waals surface area contributed by atoms with Gasteiger partial charge in [0.15, 0.2) is 0 Å². The van der Waals surface area contributed by atoms with E-state index in [0.717, 1.165) is 23.5 Å². The van der Waals surface area contributed by atoms with Crippen LogP contribution in [0.25, 0.3) is 10.1 Å². The Labute approximate surface area is 279 Å². The number of carbonyl (C=O) groups is 4. The van der Waals surface area contributed by atoms with Gasteiger partial charge >= 0.3 is 19.2 Å². The lowest BCUT2D eigenvalue weighted by Gasteiger charge is -2.38. The number of carboxylic acids is 1. The second kappa shape index (κ2) is 14.8. The number of carbonyl (C=O) groups excluding carboxylic acids is 3. The zero-order chi connectivity index (χ0) is 35.6. The van der Waals surface area contributed by atoms with E-state index in [2.05, 4.69) is 15.2 Å². The van der Waals surface area contributed by atoms with Gasteiger partial charge in [-0.25, -0.2) is 18.4 Å². The van der Waals surface area contributed by atoms with Gasteiger partial charge in [0.1, 0.15) is 18.1 Å². The van der Waals surface area contributed by atoms with E-state index in [1.807, 2.05) is 11.8 Å². The molecular formula is C28H38F2N5O10PS2. The number of alkyl halides is 2. The number of primary sulfonamides is 1. The van der Waals surface area contributed by atoms with E-state index in [0.29, 0.717) is 30.6 Å². The van der Waals surface area contributed by atoms with Crippen LogP contribution in [0.4, 0.5) is 8.78 Å². The van der Waals surface area contributed by atoms with E-state index in [4.69, 9.17) is 5.14 Å². The number of likely N-dealkylation sites (N-methyl/N-ethyl adjacent to an activating group) is 1. The van der Waals surface area contributed by atoms with Crippen molar-refractivity contribution in [2.45, 2.75) is 69.4 Å². The van der Waals surface area contributed by atoms with Crippen LogP contribution in [0.2, 0.25) is 0 Å². The molecular weight excluding hydrogens is 699 g/mol. The highest BCUT2D eigenvalue weighted by Gasteiger charge is 2.52. The molecule has 266 valence electrons. The van der Waals surface area contributed by atoms with Crippen LogP contribution in [-0.4, -0.2) is 108 Å². The van der Waals surface area contributed by atoms with Crippen molar-refractivity contribution in [2.75, 3.05) is 32.0 Å². The van der Waals surface area contributed by atoms with E-state index >= 15 is 0 Å². The Morgan fingerprint density at radius 3 is 2.54 bits per heavy atom. The second-order valence-corrected chi connectivity index (χ2v) is 16.3. The molecule has 6 N–H and O–H groups in total. The minimum atomic E-state index is -5.34. The first-order chi connectivity index (χ1) is 22.4. The van der Waals surface area contributed by atoms with Crippen LogP contribution in [-0.2, 0) is 39.2 Å². The molecule has 1 aromatic heterocycles. The molecule has 1 aromatic carbocycles. The van der Waals surface area contributed by atoms with Crippen molar-refractivity contribution < 1.29 is 55.5 Å². The van der Waals surface area contributed by atoms with Crippen molar-refractivity contribution in [3.8, 4) is 0 Å². The Kier molecular flexibility index (Phi) is 11.7. The van der Waals surface area contributed by atoms with Crippen molar-refractivity contribution in [3.05, 3.63) is 34.7 Å². The molecule has 3 amide bonds. The first-order valence-corrected chi connectivity index (χ1v) is 19.3. The van der Waals surface area contributed by atoms with Gasteiger partial charge in [-0.3, -0.25) is 18.9 Å². The maximum absolute atomic E-state index is 14.9. The number of amides is 3. The number of halogens is 2. The fourth-order valence-corrected chi connectivity index (χ4v) is 8.38. The monoisotopic (exact) mass is 737 g/mol. The number of hydrogen-bond donors (Lipinski definition) is 5. The number of nitrogens with two attached hydrogens (primary N) is 1. The number of aliphatic carboxylic acids is 1. The number of rotatable bonds is 13. The van der Waals surface area contributed by atoms with Gasteiger partial charge in [-0.05, 0) is 62.7 Å². The summed E-state index contributed by atoms with van der Waals surface area (Å²) >= 11 is 0.959. The van der Waals surface area contributed by atoms with Gasteiger partial charge in [-0.15, -0.1) is 11.3 Å². The molecule has 20 heteroatoms. The quantitative estimate of drug-likeness (QED) is 0.186. The van der Waals surface area contributed by atoms with E-state index in [1.54, 1.807) is 0 Å². The fraction of sp³-hybridized carbons (Fsp3) is 0.571. The maximum atomic E-state index is 14.9. The van der Waals surface area contributed by atoms with Gasteiger partial charge in [-0.1, -0.05) is 13.0 Å². The second-order valence-electron chi connectivity index (χ2n) is 11.6. The average Bonchev–Trinajstić information content (AvgIpc) is 3.63. The Hall–Kier alpha value is -3.06. The molecule has 3 heterocycles. The number of benzene rings is 1. The predicted molar refractivity (Wildman–Crippen MR) is 171 cm³/mol. The van der Waals surface area contributed by atoms with Gasteiger partial charge < -0.3 is 35.0 Å². The smallest absolute Gasteiger partial charge is 0.401 e. The van der Waals surface area contributed by atoms with Crippen molar-refractivity contribution in [2.24, 2.45) is 5.14 Å². The molecule has 4 rings (SSSR count). The SMILES string of the molecule is CCOP(=O)(O)C(F)(F)c1ccc2sc(C(=O)N[C@H]3CN(CC)CC[C@H]4CC[C@@H](C(=O)NC(CCS(N)(=O)=O)C(=O)O)N4C3=O)cc2c1. The molecule has 2 aliphatic heterocycles. The van der Waals surface area contributed by atoms with Gasteiger partial charge in [0.05, 0.1) is 17.2 Å². The summed E-state index contributed by atoms with van der Waals surface area (Å²) in [5.41, 5.74) is -4.98. The first-order valence-electron chi connectivity index (χ1n) is 15.2. The lowest BCUT2D eigenvalue weighted by Crippen LogP contribution is -2.61. The van der Waals surface area contributed by atoms with Crippen LogP contribution in [0.15, 0.2) is 24.3 Å². The Bertz CT molecular complexity index is 1720. The van der Waals surface area contributed by atoms with E-state index in [-0.39, 0.29) is 23.2 Å². The van der Waals surface area contributed by atoms with Gasteiger partial charge in [0, 0.05) is 29.4 Å². The lowest BCUT2D eigenvalue weighted by atomic mass is 10.1. The molecule has 0 aliphatic carbocycles. The molecule has 0 spiro atoms. The van der Waals surface area contributed by atoms with E-state index in [1.165, 1.54) is 24.0 Å². The summed E-state index contributed by atoms with van der Waals surface area (Å²) in [4.78, 5) is 65.8. The molecule has 2 saturated heterocycles. The summed E-state index contributed by atoms with van der Waals surface area (Å²) in [6.45, 7) is 3.97. The van der Waals surface area contributed by atoms with Crippen LogP contribution < -0.4 is 15.8 Å². The van der Waals surface area contributed by atoms with Gasteiger partial charge in [-0.2, -0.15) is 8.78 Å². The summed E-state index contributed by atoms with van der Waals surface area (Å²) in [5.74, 6) is -4.19. The summed E-state index contributed by atoms with van der Waals surface area (Å²) < 4.78 is 69.4. The summed E-state index contributed by atoms with van der Waals surface area (Å²) in [7, 11) is -9.35. The molecule has 2 fully saturated rings. The lowest BCUT2D eigenvalue weighted by molar-refractivity contribution is -0.146. The van der Waals surface area contributed by atoms with Crippen LogP contribution in [0.1, 0.15) is 54.8 Å². The number of thiophene rings is 1. The zero-order valence-corrected chi connectivity index (χ0v) is 28.7. The number of fused-ring (bicyclic) bond motifs is 2. The predicted octanol–water partition coefficient (Wildman–Crippen LogP) is 1.60. The van der Waals surface area contributed by atoms with Gasteiger partial charge in [0.2, 0.25) is 21.8 Å². The third-order valence-corrected chi connectivity index (χ3v) is 11.9. The van der Waals surface area contributed by atoms with Crippen molar-refractivity contribution >= 4 is 62.7 Å². The Morgan fingerprint density at radius 2 is 1.92 bits per heavy atom. The molecule has 48 heavy (non-hydrogen) atoms. The first kappa shape index (κ1) is 37.8. The number of hydrogen-bond acceptors (Lipinski definition) is 10. The number of nitrogens with zero attached hydrogens (tertiary/aromatic N) is 2. The molecule has 0 bridgehead atoms. The standard InChI is InChI=1S/C28H38F2N5O10PS2/c1-3-34-11-9-18-6-7-21(24(36)32-19(27(39)40)10-12-48(31,43)44)35(18)26(38)20(15-34)33-25(37)23-14-16-13-17(5-8-22(16)47-23)28(29,30)46(41,42)45-4-2/h5,8,13-14,18-21H,3-4,6-7,9-12,15H2,1-2H3,(H,32,36)(H,33,37)(H,39,40)(H,41,42)(H2,31,43,44)/t18-,19?,20+,21+/m1/s1. The normalized spacial score (nSPS) is 22.8. The highest BCUT2D eigenvalue weighted by atomic mass is 32.2. The van der Waals surface area contributed by atoms with Crippen LogP contribution in [0.3, 0.4) is 0 Å². The topological polar surface area (TPSA) is 226 Å². The molecule has 2 aliphatic rings. The maximum Gasteiger partial charge on any atom is 0.401 e. The minimum absolute atomic E-state index is 0.0757. The highest BCUT2D eigenvalue weighted by Crippen LogP contribution is 2.63. The molecule has 2 unspecified atom stereocenters. The number of nitrogens with one attached hydrogen (secondary N) is 2. The molecule has 0 saturated carbocycles.